The molecule has 12 nitrogen and oxygen atoms in total. The molecule has 2 aromatic heterocycles. The van der Waals surface area contributed by atoms with Crippen molar-refractivity contribution in [2.45, 2.75) is 38.4 Å². The minimum Gasteiger partial charge on any atom is -0.387 e. The summed E-state index contributed by atoms with van der Waals surface area (Å²) < 4.78 is 24.6. The highest BCUT2D eigenvalue weighted by Gasteiger charge is 2.45. The molecule has 27 heavy (non-hydrogen) atoms. The standard InChI is InChI=1S/C14H19N4O8P/c1-7-5-17(14(22)16-12(7)21)13-11(20)10(19)9(26-13)6-25-27(23,24)18-4-3-15-8(18)2/h3-5,9-11,13,19-20H,6H2,1-2H3,(H,23,24)(H,16,21,22)/t9-,10-,11-,13-/m1/s1. The van der Waals surface area contributed by atoms with Crippen LogP contribution in [0, 0.1) is 13.8 Å². The Morgan fingerprint density at radius 1 is 1.33 bits per heavy atom. The van der Waals surface area contributed by atoms with Gasteiger partial charge in [0.25, 0.3) is 5.56 Å². The summed E-state index contributed by atoms with van der Waals surface area (Å²) in [7, 11) is -4.28. The number of rotatable bonds is 5. The summed E-state index contributed by atoms with van der Waals surface area (Å²) in [5, 5.41) is 20.3. The van der Waals surface area contributed by atoms with Crippen molar-refractivity contribution >= 4 is 7.75 Å². The number of imidazole rings is 1. The van der Waals surface area contributed by atoms with Crippen molar-refractivity contribution in [1.29, 1.82) is 0 Å². The zero-order valence-corrected chi connectivity index (χ0v) is 15.3. The fourth-order valence-electron chi connectivity index (χ4n) is 2.74. The van der Waals surface area contributed by atoms with E-state index >= 15 is 0 Å². The first-order valence-electron chi connectivity index (χ1n) is 7.93. The van der Waals surface area contributed by atoms with Gasteiger partial charge in [-0.25, -0.2) is 18.7 Å². The van der Waals surface area contributed by atoms with E-state index in [1.54, 1.807) is 0 Å². The fourth-order valence-corrected chi connectivity index (χ4v) is 3.85. The van der Waals surface area contributed by atoms with E-state index in [1.165, 1.54) is 32.4 Å². The van der Waals surface area contributed by atoms with Crippen LogP contribution in [0.15, 0.2) is 28.2 Å². The third-order valence-corrected chi connectivity index (χ3v) is 5.69. The molecule has 0 radical (unpaired) electrons. The maximum absolute atomic E-state index is 12.3. The highest BCUT2D eigenvalue weighted by atomic mass is 31.2. The molecule has 0 bridgehead atoms. The number of aromatic nitrogens is 4. The quantitative estimate of drug-likeness (QED) is 0.441. The van der Waals surface area contributed by atoms with Crippen molar-refractivity contribution in [2.24, 2.45) is 0 Å². The van der Waals surface area contributed by atoms with Crippen molar-refractivity contribution in [3.05, 3.63) is 50.8 Å². The summed E-state index contributed by atoms with van der Waals surface area (Å²) in [6.07, 6.45) is -1.71. The van der Waals surface area contributed by atoms with Gasteiger partial charge in [0.2, 0.25) is 0 Å². The number of nitrogens with one attached hydrogen (secondary N) is 1. The number of ether oxygens (including phenoxy) is 1. The molecule has 3 heterocycles. The number of aryl methyl sites for hydroxylation is 2. The summed E-state index contributed by atoms with van der Waals surface area (Å²) in [4.78, 5) is 39.3. The van der Waals surface area contributed by atoms with Gasteiger partial charge in [-0.2, -0.15) is 0 Å². The van der Waals surface area contributed by atoms with Crippen LogP contribution >= 0.6 is 7.75 Å². The molecule has 0 saturated carbocycles. The highest BCUT2D eigenvalue weighted by Crippen LogP contribution is 2.45. The smallest absolute Gasteiger partial charge is 0.387 e. The van der Waals surface area contributed by atoms with Crippen LogP contribution in [0.2, 0.25) is 0 Å². The van der Waals surface area contributed by atoms with Crippen LogP contribution in [0.3, 0.4) is 0 Å². The molecule has 0 spiro atoms. The van der Waals surface area contributed by atoms with Crippen molar-refractivity contribution in [3.63, 3.8) is 0 Å². The van der Waals surface area contributed by atoms with E-state index in [4.69, 9.17) is 9.26 Å². The molecule has 5 atom stereocenters. The summed E-state index contributed by atoms with van der Waals surface area (Å²) in [5.41, 5.74) is -1.21. The summed E-state index contributed by atoms with van der Waals surface area (Å²) in [5.74, 6) is 0.252. The Hall–Kier alpha value is -2.08. The van der Waals surface area contributed by atoms with E-state index in [0.29, 0.717) is 0 Å². The van der Waals surface area contributed by atoms with E-state index in [9.17, 15) is 29.3 Å². The van der Waals surface area contributed by atoms with Gasteiger partial charge in [0.05, 0.1) is 6.61 Å². The van der Waals surface area contributed by atoms with Gasteiger partial charge in [-0.05, 0) is 13.8 Å². The third-order valence-electron chi connectivity index (χ3n) is 4.24. The van der Waals surface area contributed by atoms with Crippen LogP contribution < -0.4 is 11.2 Å². The lowest BCUT2D eigenvalue weighted by molar-refractivity contribution is -0.0528. The Balaban J connectivity index is 1.77. The molecule has 148 valence electrons. The number of aromatic amines is 1. The second-order valence-corrected chi connectivity index (χ2v) is 7.80. The average Bonchev–Trinajstić information content (AvgIpc) is 3.15. The van der Waals surface area contributed by atoms with Gasteiger partial charge in [-0.15, -0.1) is 0 Å². The van der Waals surface area contributed by atoms with E-state index < -0.39 is 50.1 Å². The first-order valence-corrected chi connectivity index (χ1v) is 9.46. The maximum atomic E-state index is 12.3. The molecule has 2 aromatic rings. The molecule has 1 fully saturated rings. The van der Waals surface area contributed by atoms with Gasteiger partial charge in [0.15, 0.2) is 6.23 Å². The minimum atomic E-state index is -4.28. The predicted octanol–water partition coefficient (Wildman–Crippen LogP) is -1.37. The fraction of sp³-hybridized carbons (Fsp3) is 0.500. The molecule has 0 aliphatic carbocycles. The molecular formula is C14H19N4O8P. The van der Waals surface area contributed by atoms with Crippen LogP contribution in [-0.4, -0.2) is 58.9 Å². The molecular weight excluding hydrogens is 383 g/mol. The van der Waals surface area contributed by atoms with Crippen LogP contribution in [-0.2, 0) is 13.8 Å². The number of hydrogen-bond acceptors (Lipinski definition) is 8. The lowest BCUT2D eigenvalue weighted by atomic mass is 10.1. The zero-order chi connectivity index (χ0) is 19.9. The van der Waals surface area contributed by atoms with Crippen molar-refractivity contribution in [1.82, 2.24) is 18.9 Å². The van der Waals surface area contributed by atoms with Crippen molar-refractivity contribution < 1.29 is 28.9 Å². The molecule has 1 aliphatic heterocycles. The third kappa shape index (κ3) is 3.68. The maximum Gasteiger partial charge on any atom is 0.437 e. The van der Waals surface area contributed by atoms with E-state index in [-0.39, 0.29) is 11.4 Å². The Labute approximate surface area is 152 Å². The van der Waals surface area contributed by atoms with Crippen LogP contribution in [0.4, 0.5) is 0 Å². The summed E-state index contributed by atoms with van der Waals surface area (Å²) >= 11 is 0. The number of H-pyrrole nitrogens is 1. The topological polar surface area (TPSA) is 169 Å². The second-order valence-electron chi connectivity index (χ2n) is 6.13. The van der Waals surface area contributed by atoms with E-state index in [0.717, 1.165) is 8.90 Å². The second kappa shape index (κ2) is 7.15. The number of aliphatic hydroxyl groups excluding tert-OH is 2. The van der Waals surface area contributed by atoms with Crippen LogP contribution in [0.25, 0.3) is 0 Å². The van der Waals surface area contributed by atoms with Gasteiger partial charge in [-0.3, -0.25) is 18.9 Å². The largest absolute Gasteiger partial charge is 0.437 e. The zero-order valence-electron chi connectivity index (χ0n) is 14.4. The Morgan fingerprint density at radius 2 is 2.04 bits per heavy atom. The Bertz CT molecular complexity index is 997. The minimum absolute atomic E-state index is 0.204. The monoisotopic (exact) mass is 402 g/mol. The first-order chi connectivity index (χ1) is 12.6. The average molecular weight is 402 g/mol. The molecule has 1 aliphatic rings. The van der Waals surface area contributed by atoms with Gasteiger partial charge in [0, 0.05) is 24.2 Å². The molecule has 0 aromatic carbocycles. The normalized spacial score (nSPS) is 27.6. The van der Waals surface area contributed by atoms with Crippen LogP contribution in [0.1, 0.15) is 17.6 Å². The number of aliphatic hydroxyl groups is 2. The molecule has 0 amide bonds. The Morgan fingerprint density at radius 3 is 2.67 bits per heavy atom. The van der Waals surface area contributed by atoms with Gasteiger partial charge in [0.1, 0.15) is 24.1 Å². The van der Waals surface area contributed by atoms with E-state index in [2.05, 4.69) is 9.97 Å². The molecule has 1 unspecified atom stereocenters. The number of hydrogen-bond donors (Lipinski definition) is 4. The number of nitrogens with zero attached hydrogens (tertiary/aromatic N) is 3. The van der Waals surface area contributed by atoms with Crippen molar-refractivity contribution in [2.75, 3.05) is 6.61 Å². The van der Waals surface area contributed by atoms with Gasteiger partial charge >= 0.3 is 13.4 Å². The van der Waals surface area contributed by atoms with Gasteiger partial charge in [-0.1, -0.05) is 0 Å². The Kier molecular flexibility index (Phi) is 5.21. The molecule has 1 saturated heterocycles. The van der Waals surface area contributed by atoms with E-state index in [1.807, 2.05) is 0 Å². The molecule has 13 heteroatoms. The van der Waals surface area contributed by atoms with Crippen LogP contribution in [0.5, 0.6) is 0 Å². The highest BCUT2D eigenvalue weighted by molar-refractivity contribution is 7.51. The lowest BCUT2D eigenvalue weighted by Gasteiger charge is -2.19. The van der Waals surface area contributed by atoms with Crippen molar-refractivity contribution in [3.8, 4) is 0 Å². The molecule has 3 rings (SSSR count). The van der Waals surface area contributed by atoms with Gasteiger partial charge < -0.3 is 19.8 Å². The summed E-state index contributed by atoms with van der Waals surface area (Å²) in [6, 6.07) is 0. The lowest BCUT2D eigenvalue weighted by Crippen LogP contribution is -2.38. The summed E-state index contributed by atoms with van der Waals surface area (Å²) in [6.45, 7) is 2.44. The molecule has 4 N–H and O–H groups in total. The SMILES string of the molecule is Cc1cn([C@@H]2O[C@H](COP(=O)(O)n3ccnc3C)[C@@H](O)[C@H]2O)c(=O)[nH]c1=O. The first kappa shape index (κ1) is 19.7. The predicted molar refractivity (Wildman–Crippen MR) is 90.1 cm³/mol.